The lowest BCUT2D eigenvalue weighted by molar-refractivity contribution is 0.368. The van der Waals surface area contributed by atoms with Crippen LogP contribution in [-0.4, -0.2) is 37.5 Å². The molecule has 0 amide bonds. The first-order valence-corrected chi connectivity index (χ1v) is 15.8. The van der Waals surface area contributed by atoms with Gasteiger partial charge in [0.15, 0.2) is 0 Å². The highest BCUT2D eigenvalue weighted by atomic mass is 19.5. The van der Waals surface area contributed by atoms with Crippen molar-refractivity contribution in [1.29, 1.82) is 0 Å². The third-order valence-electron chi connectivity index (χ3n) is 8.41. The Bertz CT molecular complexity index is 1910. The molecule has 0 radical (unpaired) electrons. The van der Waals surface area contributed by atoms with Crippen molar-refractivity contribution in [2.75, 3.05) is 29.4 Å². The van der Waals surface area contributed by atoms with Gasteiger partial charge < -0.3 is 36.6 Å². The van der Waals surface area contributed by atoms with Crippen LogP contribution in [0.15, 0.2) is 56.1 Å². The molecule has 2 aromatic heterocycles. The zero-order valence-electron chi connectivity index (χ0n) is 28.5. The van der Waals surface area contributed by atoms with Gasteiger partial charge in [-0.1, -0.05) is 12.2 Å². The van der Waals surface area contributed by atoms with E-state index in [-0.39, 0.29) is 22.3 Å². The maximum atomic E-state index is 13.1. The van der Waals surface area contributed by atoms with Crippen molar-refractivity contribution in [2.45, 2.75) is 73.3 Å². The highest BCUT2D eigenvalue weighted by Gasteiger charge is 2.34. The van der Waals surface area contributed by atoms with Crippen molar-refractivity contribution in [3.8, 4) is 5.75 Å². The Morgan fingerprint density at radius 3 is 2.21 bits per heavy atom. The molecule has 1 N–H and O–H groups in total. The maximum Gasteiger partial charge on any atom is 0.673 e. The van der Waals surface area contributed by atoms with E-state index in [1.807, 2.05) is 30.3 Å². The van der Waals surface area contributed by atoms with Crippen LogP contribution >= 0.6 is 0 Å². The molecule has 0 spiro atoms. The molecule has 47 heavy (non-hydrogen) atoms. The molecule has 0 aliphatic carbocycles. The summed E-state index contributed by atoms with van der Waals surface area (Å²) in [5.74, 6) is 0.750. The van der Waals surface area contributed by atoms with E-state index in [2.05, 4.69) is 90.3 Å². The number of hydrogen-bond acceptors (Lipinski definition) is 5. The Kier molecular flexibility index (Phi) is 9.90. The first-order chi connectivity index (χ1) is 21.8. The minimum Gasteiger partial charge on any atom is -0.506 e. The fourth-order valence-corrected chi connectivity index (χ4v) is 6.16. The summed E-state index contributed by atoms with van der Waals surface area (Å²) >= 11 is 0. The fraction of sp³-hybridized carbons (Fsp3) is 0.389. The zero-order valence-corrected chi connectivity index (χ0v) is 28.5. The van der Waals surface area contributed by atoms with Gasteiger partial charge in [0.2, 0.25) is 0 Å². The SMILES string of the molecule is CCN(CC)c1ccc2c(O)c(/C=C/c3cc(C(C)(C)C)[o+]c4cc5c(cc34)C(C)=CC(C)(C)N5CC)c(=O)oc2c1.F[B-](F)(F)F. The summed E-state index contributed by atoms with van der Waals surface area (Å²) in [6.45, 7) is 21.8. The molecule has 1 aliphatic rings. The lowest BCUT2D eigenvalue weighted by atomic mass is 9.87. The summed E-state index contributed by atoms with van der Waals surface area (Å²) in [7, 11) is -6.00. The molecule has 0 unspecified atom stereocenters. The molecule has 252 valence electrons. The molecule has 0 atom stereocenters. The summed E-state index contributed by atoms with van der Waals surface area (Å²) in [4.78, 5) is 17.7. The molecule has 5 rings (SSSR count). The lowest BCUT2D eigenvalue weighted by Gasteiger charge is -2.42. The number of benzene rings is 2. The van der Waals surface area contributed by atoms with Gasteiger partial charge in [0.1, 0.15) is 16.9 Å². The van der Waals surface area contributed by atoms with Gasteiger partial charge in [0, 0.05) is 48.6 Å². The first kappa shape index (κ1) is 35.6. The summed E-state index contributed by atoms with van der Waals surface area (Å²) in [5, 5.41) is 12.6. The Morgan fingerprint density at radius 1 is 1.00 bits per heavy atom. The quantitative estimate of drug-likeness (QED) is 0.0966. The Hall–Kier alpha value is -4.28. The molecule has 0 fully saturated rings. The van der Waals surface area contributed by atoms with E-state index in [1.54, 1.807) is 6.08 Å². The van der Waals surface area contributed by atoms with E-state index in [0.29, 0.717) is 11.0 Å². The number of nitrogens with zero attached hydrogens (tertiary/aromatic N) is 2. The van der Waals surface area contributed by atoms with Crippen LogP contribution in [0.3, 0.4) is 0 Å². The number of likely N-dealkylation sites (N-methyl/N-ethyl adjacent to an activating group) is 1. The number of rotatable bonds is 6. The van der Waals surface area contributed by atoms with Gasteiger partial charge in [-0.2, -0.15) is 0 Å². The zero-order chi connectivity index (χ0) is 35.1. The van der Waals surface area contributed by atoms with Crippen LogP contribution in [0.25, 0.3) is 39.7 Å². The smallest absolute Gasteiger partial charge is 0.506 e. The van der Waals surface area contributed by atoms with Crippen molar-refractivity contribution < 1.29 is 31.2 Å². The normalized spacial score (nSPS) is 14.7. The second-order valence-corrected chi connectivity index (χ2v) is 13.2. The highest BCUT2D eigenvalue weighted by Crippen LogP contribution is 2.43. The molecule has 1 aliphatic heterocycles. The van der Waals surface area contributed by atoms with Crippen LogP contribution in [0.2, 0.25) is 0 Å². The van der Waals surface area contributed by atoms with Crippen LogP contribution in [0.5, 0.6) is 5.75 Å². The predicted molar refractivity (Wildman–Crippen MR) is 187 cm³/mol. The first-order valence-electron chi connectivity index (χ1n) is 15.8. The van der Waals surface area contributed by atoms with Crippen LogP contribution < -0.4 is 15.4 Å². The van der Waals surface area contributed by atoms with Crippen molar-refractivity contribution in [1.82, 2.24) is 0 Å². The van der Waals surface area contributed by atoms with E-state index in [0.717, 1.165) is 58.9 Å². The molecule has 0 saturated heterocycles. The molecule has 0 bridgehead atoms. The number of aromatic hydroxyl groups is 1. The van der Waals surface area contributed by atoms with Crippen LogP contribution in [-0.2, 0) is 5.41 Å². The summed E-state index contributed by atoms with van der Waals surface area (Å²) in [6, 6.07) is 11.9. The molecule has 4 aromatic rings. The number of anilines is 2. The molecular formula is C36H43BF4N2O4. The van der Waals surface area contributed by atoms with Gasteiger partial charge in [0.05, 0.1) is 33.5 Å². The minimum absolute atomic E-state index is 0.0819. The van der Waals surface area contributed by atoms with Gasteiger partial charge in [-0.05, 0) is 92.2 Å². The van der Waals surface area contributed by atoms with Gasteiger partial charge >= 0.3 is 24.2 Å². The molecule has 6 nitrogen and oxygen atoms in total. The standard InChI is InChI=1S/C36H42N2O4.BF4/c1-10-37(11-2)24-14-16-25-30(18-24)42-34(40)26(33(25)39)15-13-23-17-32(35(5,6)7)41-31-20-29-27(19-28(23)31)22(4)21-36(8,9)38(29)12-3;2-1(3,4)5/h13-21H,10-12H2,1-9H3;/q;-1/p+1. The molecule has 0 saturated carbocycles. The second kappa shape index (κ2) is 13.1. The summed E-state index contributed by atoms with van der Waals surface area (Å²) in [5.41, 5.74) is 5.73. The van der Waals surface area contributed by atoms with Gasteiger partial charge in [0.25, 0.3) is 0 Å². The lowest BCUT2D eigenvalue weighted by Crippen LogP contribution is -2.44. The largest absolute Gasteiger partial charge is 0.673 e. The highest BCUT2D eigenvalue weighted by molar-refractivity contribution is 6.50. The van der Waals surface area contributed by atoms with Gasteiger partial charge in [-0.25, -0.2) is 9.21 Å². The third-order valence-corrected chi connectivity index (χ3v) is 8.41. The third kappa shape index (κ3) is 7.66. The van der Waals surface area contributed by atoms with Gasteiger partial charge in [-0.3, -0.25) is 0 Å². The predicted octanol–water partition coefficient (Wildman–Crippen LogP) is 10.2. The maximum absolute atomic E-state index is 13.1. The van der Waals surface area contributed by atoms with Crippen molar-refractivity contribution >= 4 is 58.3 Å². The van der Waals surface area contributed by atoms with Crippen molar-refractivity contribution in [2.24, 2.45) is 0 Å². The molecule has 3 heterocycles. The average Bonchev–Trinajstić information content (AvgIpc) is 2.95. The average molecular weight is 655 g/mol. The Morgan fingerprint density at radius 2 is 1.64 bits per heavy atom. The van der Waals surface area contributed by atoms with Crippen LogP contribution in [0.4, 0.5) is 28.6 Å². The topological polar surface area (TPSA) is 68.2 Å². The minimum atomic E-state index is -6.00. The molecule has 2 aromatic carbocycles. The summed E-state index contributed by atoms with van der Waals surface area (Å²) in [6.07, 6.45) is 5.85. The van der Waals surface area contributed by atoms with Crippen LogP contribution in [0, 0.1) is 0 Å². The Labute approximate surface area is 273 Å². The van der Waals surface area contributed by atoms with Crippen molar-refractivity contribution in [3.63, 3.8) is 0 Å². The Balaban J connectivity index is 0.000000930. The van der Waals surface area contributed by atoms with Crippen molar-refractivity contribution in [3.05, 3.63) is 75.3 Å². The van der Waals surface area contributed by atoms with E-state index >= 15 is 0 Å². The molecular weight excluding hydrogens is 611 g/mol. The second-order valence-electron chi connectivity index (χ2n) is 13.2. The van der Waals surface area contributed by atoms with E-state index < -0.39 is 12.9 Å². The number of allylic oxidation sites excluding steroid dienone is 1. The fourth-order valence-electron chi connectivity index (χ4n) is 6.16. The van der Waals surface area contributed by atoms with E-state index in [4.69, 9.17) is 8.83 Å². The number of fused-ring (bicyclic) bond motifs is 3. The monoisotopic (exact) mass is 654 g/mol. The number of halogens is 4. The summed E-state index contributed by atoms with van der Waals surface area (Å²) < 4.78 is 51.2. The van der Waals surface area contributed by atoms with Crippen LogP contribution in [0.1, 0.15) is 84.8 Å². The van der Waals surface area contributed by atoms with Gasteiger partial charge in [-0.15, -0.1) is 0 Å². The van der Waals surface area contributed by atoms with E-state index in [9.17, 15) is 27.2 Å². The molecule has 11 heteroatoms. The number of hydrogen-bond donors (Lipinski definition) is 1. The van der Waals surface area contributed by atoms with E-state index in [1.165, 1.54) is 5.57 Å².